The Bertz CT molecular complexity index is 607. The van der Waals surface area contributed by atoms with Crippen molar-refractivity contribution >= 4 is 11.8 Å². The Morgan fingerprint density at radius 1 is 1.32 bits per heavy atom. The zero-order valence-corrected chi connectivity index (χ0v) is 15.2. The minimum atomic E-state index is -0.743. The third-order valence-corrected chi connectivity index (χ3v) is 4.53. The molecule has 25 heavy (non-hydrogen) atoms. The summed E-state index contributed by atoms with van der Waals surface area (Å²) in [5.41, 5.74) is 7.29. The number of carbonyl (C=O) groups is 2. The van der Waals surface area contributed by atoms with E-state index in [1.165, 1.54) is 5.56 Å². The van der Waals surface area contributed by atoms with Crippen molar-refractivity contribution in [3.8, 4) is 0 Å². The molecule has 0 bridgehead atoms. The van der Waals surface area contributed by atoms with Crippen LogP contribution >= 0.6 is 0 Å². The van der Waals surface area contributed by atoms with Gasteiger partial charge in [-0.05, 0) is 23.0 Å². The molecule has 2 atom stereocenters. The Hall–Kier alpha value is -1.92. The summed E-state index contributed by atoms with van der Waals surface area (Å²) in [5.74, 6) is -0.656. The molecular weight excluding hydrogens is 320 g/mol. The van der Waals surface area contributed by atoms with Gasteiger partial charge in [0.2, 0.25) is 11.8 Å². The van der Waals surface area contributed by atoms with Gasteiger partial charge in [0.25, 0.3) is 0 Å². The molecule has 2 rings (SSSR count). The van der Waals surface area contributed by atoms with E-state index < -0.39 is 18.1 Å². The normalized spacial score (nSPS) is 19.5. The van der Waals surface area contributed by atoms with Crippen LogP contribution in [0.3, 0.4) is 0 Å². The maximum atomic E-state index is 12.3. The highest BCUT2D eigenvalue weighted by atomic mass is 16.5. The number of ether oxygens (including phenoxy) is 1. The van der Waals surface area contributed by atoms with Gasteiger partial charge in [0.05, 0.1) is 19.3 Å². The van der Waals surface area contributed by atoms with E-state index in [9.17, 15) is 14.7 Å². The number of nitrogens with two attached hydrogens (primary N) is 1. The molecule has 1 fully saturated rings. The highest BCUT2D eigenvalue weighted by Crippen LogP contribution is 2.25. The van der Waals surface area contributed by atoms with Gasteiger partial charge in [-0.3, -0.25) is 9.59 Å². The zero-order valence-electron chi connectivity index (χ0n) is 15.2. The van der Waals surface area contributed by atoms with Gasteiger partial charge in [0.15, 0.2) is 6.10 Å². The minimum absolute atomic E-state index is 0.0623. The van der Waals surface area contributed by atoms with Crippen molar-refractivity contribution in [1.29, 1.82) is 0 Å². The zero-order chi connectivity index (χ0) is 18.6. The molecule has 1 saturated heterocycles. The molecule has 138 valence electrons. The molecule has 6 nitrogen and oxygen atoms in total. The Morgan fingerprint density at radius 2 is 1.96 bits per heavy atom. The molecular formula is C19H28N2O4. The first-order valence-corrected chi connectivity index (χ1v) is 8.65. The molecule has 0 radical (unpaired) electrons. The number of primary amides is 1. The summed E-state index contributed by atoms with van der Waals surface area (Å²) in [6.45, 7) is 7.34. The number of carbonyl (C=O) groups excluding carboxylic acids is 2. The Balaban J connectivity index is 1.87. The van der Waals surface area contributed by atoms with Crippen LogP contribution in [-0.2, 0) is 19.7 Å². The molecule has 1 aliphatic rings. The van der Waals surface area contributed by atoms with Crippen LogP contribution in [0.4, 0.5) is 0 Å². The largest absolute Gasteiger partial charge is 0.388 e. The first-order chi connectivity index (χ1) is 11.7. The monoisotopic (exact) mass is 348 g/mol. The lowest BCUT2D eigenvalue weighted by molar-refractivity contribution is -0.145. The van der Waals surface area contributed by atoms with Gasteiger partial charge in [0.1, 0.15) is 0 Å². The third kappa shape index (κ3) is 5.28. The van der Waals surface area contributed by atoms with E-state index in [1.807, 2.05) is 24.3 Å². The topological polar surface area (TPSA) is 92.9 Å². The predicted molar refractivity (Wildman–Crippen MR) is 94.9 cm³/mol. The van der Waals surface area contributed by atoms with Crippen molar-refractivity contribution in [3.63, 3.8) is 0 Å². The molecule has 3 N–H and O–H groups in total. The lowest BCUT2D eigenvalue weighted by Gasteiger charge is -2.31. The lowest BCUT2D eigenvalue weighted by Crippen LogP contribution is -2.50. The number of morpholine rings is 1. The molecule has 0 saturated carbocycles. The molecule has 6 heteroatoms. The third-order valence-electron chi connectivity index (χ3n) is 4.53. The summed E-state index contributed by atoms with van der Waals surface area (Å²) in [6.07, 6.45) is -0.876. The molecule has 0 unspecified atom stereocenters. The molecule has 0 spiro atoms. The van der Waals surface area contributed by atoms with E-state index in [4.69, 9.17) is 10.5 Å². The quantitative estimate of drug-likeness (QED) is 0.843. The lowest BCUT2D eigenvalue weighted by atomic mass is 9.86. The first-order valence-electron chi connectivity index (χ1n) is 8.65. The van der Waals surface area contributed by atoms with Gasteiger partial charge in [0, 0.05) is 13.0 Å². The molecule has 2 amide bonds. The fourth-order valence-electron chi connectivity index (χ4n) is 2.84. The van der Waals surface area contributed by atoms with Crippen molar-refractivity contribution in [2.24, 2.45) is 5.73 Å². The van der Waals surface area contributed by atoms with Gasteiger partial charge >= 0.3 is 0 Å². The van der Waals surface area contributed by atoms with E-state index in [2.05, 4.69) is 20.8 Å². The standard InChI is InChI=1S/C19H28N2O4/c1-19(2,3)14-6-4-13(5-7-14)15(22)8-9-17(23)21-10-11-25-16(12-21)18(20)24/h4-7,15-16,22H,8-12H2,1-3H3,(H2,20,24)/t15-,16-/m0/s1. The molecule has 1 aliphatic heterocycles. The smallest absolute Gasteiger partial charge is 0.248 e. The van der Waals surface area contributed by atoms with Gasteiger partial charge in [-0.1, -0.05) is 45.0 Å². The van der Waals surface area contributed by atoms with Crippen LogP contribution in [-0.4, -0.2) is 47.6 Å². The Kier molecular flexibility index (Phi) is 6.19. The number of aliphatic hydroxyl groups is 1. The molecule has 0 aromatic heterocycles. The summed E-state index contributed by atoms with van der Waals surface area (Å²) in [4.78, 5) is 25.1. The summed E-state index contributed by atoms with van der Waals surface area (Å²) in [5, 5.41) is 10.3. The highest BCUT2D eigenvalue weighted by molar-refractivity contribution is 5.81. The number of benzene rings is 1. The number of amides is 2. The number of rotatable bonds is 5. The number of aliphatic hydroxyl groups excluding tert-OH is 1. The minimum Gasteiger partial charge on any atom is -0.388 e. The summed E-state index contributed by atoms with van der Waals surface area (Å²) in [6, 6.07) is 7.85. The second-order valence-electron chi connectivity index (χ2n) is 7.53. The molecule has 1 aromatic rings. The first kappa shape index (κ1) is 19.4. The Morgan fingerprint density at radius 3 is 2.52 bits per heavy atom. The highest BCUT2D eigenvalue weighted by Gasteiger charge is 2.27. The average molecular weight is 348 g/mol. The maximum absolute atomic E-state index is 12.3. The maximum Gasteiger partial charge on any atom is 0.248 e. The summed E-state index contributed by atoms with van der Waals surface area (Å²) in [7, 11) is 0. The number of hydrogen-bond acceptors (Lipinski definition) is 4. The number of nitrogens with zero attached hydrogens (tertiary/aromatic N) is 1. The van der Waals surface area contributed by atoms with Crippen molar-refractivity contribution in [2.45, 2.75) is 51.2 Å². The molecule has 1 heterocycles. The van der Waals surface area contributed by atoms with E-state index >= 15 is 0 Å². The SMILES string of the molecule is CC(C)(C)c1ccc([C@@H](O)CCC(=O)N2CCO[C@H](C(N)=O)C2)cc1. The average Bonchev–Trinajstić information content (AvgIpc) is 2.58. The second kappa shape index (κ2) is 7.97. The van der Waals surface area contributed by atoms with Crippen LogP contribution in [0.1, 0.15) is 50.8 Å². The second-order valence-corrected chi connectivity index (χ2v) is 7.53. The summed E-state index contributed by atoms with van der Waals surface area (Å²) < 4.78 is 5.24. The fourth-order valence-corrected chi connectivity index (χ4v) is 2.84. The summed E-state index contributed by atoms with van der Waals surface area (Å²) >= 11 is 0. The molecule has 1 aromatic carbocycles. The van der Waals surface area contributed by atoms with Gasteiger partial charge < -0.3 is 20.5 Å². The van der Waals surface area contributed by atoms with Crippen LogP contribution in [0.5, 0.6) is 0 Å². The van der Waals surface area contributed by atoms with Crippen LogP contribution < -0.4 is 5.73 Å². The van der Waals surface area contributed by atoms with Gasteiger partial charge in [-0.25, -0.2) is 0 Å². The van der Waals surface area contributed by atoms with Crippen LogP contribution in [0.15, 0.2) is 24.3 Å². The van der Waals surface area contributed by atoms with E-state index in [0.29, 0.717) is 19.6 Å². The van der Waals surface area contributed by atoms with E-state index in [0.717, 1.165) is 5.56 Å². The van der Waals surface area contributed by atoms with Crippen LogP contribution in [0.2, 0.25) is 0 Å². The van der Waals surface area contributed by atoms with Crippen molar-refractivity contribution < 1.29 is 19.4 Å². The van der Waals surface area contributed by atoms with Gasteiger partial charge in [-0.15, -0.1) is 0 Å². The number of hydrogen-bond donors (Lipinski definition) is 2. The van der Waals surface area contributed by atoms with Gasteiger partial charge in [-0.2, -0.15) is 0 Å². The van der Waals surface area contributed by atoms with Crippen LogP contribution in [0.25, 0.3) is 0 Å². The van der Waals surface area contributed by atoms with E-state index in [1.54, 1.807) is 4.90 Å². The van der Waals surface area contributed by atoms with E-state index in [-0.39, 0.29) is 24.3 Å². The van der Waals surface area contributed by atoms with Crippen molar-refractivity contribution in [2.75, 3.05) is 19.7 Å². The van der Waals surface area contributed by atoms with Crippen LogP contribution in [0, 0.1) is 0 Å². The predicted octanol–water partition coefficient (Wildman–Crippen LogP) is 1.51. The van der Waals surface area contributed by atoms with Crippen molar-refractivity contribution in [3.05, 3.63) is 35.4 Å². The fraction of sp³-hybridized carbons (Fsp3) is 0.579. The Labute approximate surface area is 149 Å². The molecule has 0 aliphatic carbocycles. The van der Waals surface area contributed by atoms with Crippen molar-refractivity contribution in [1.82, 2.24) is 4.90 Å².